The summed E-state index contributed by atoms with van der Waals surface area (Å²) in [4.78, 5) is 26.5. The number of pyridine rings is 1. The van der Waals surface area contributed by atoms with Crippen LogP contribution in [0, 0.1) is 16.9 Å². The van der Waals surface area contributed by atoms with Crippen molar-refractivity contribution in [2.75, 3.05) is 0 Å². The zero-order chi connectivity index (χ0) is 33.9. The van der Waals surface area contributed by atoms with Crippen LogP contribution >= 0.6 is 0 Å². The average molecular weight is 821 g/mol. The summed E-state index contributed by atoms with van der Waals surface area (Å²) < 4.78 is 6.17. The van der Waals surface area contributed by atoms with Gasteiger partial charge in [0, 0.05) is 65.6 Å². The van der Waals surface area contributed by atoms with Gasteiger partial charge in [0.15, 0.2) is 5.78 Å². The van der Waals surface area contributed by atoms with E-state index in [2.05, 4.69) is 61.3 Å². The van der Waals surface area contributed by atoms with Crippen molar-refractivity contribution in [1.82, 2.24) is 15.0 Å². The zero-order valence-electron chi connectivity index (χ0n) is 29.3. The Labute approximate surface area is 297 Å². The molecule has 0 bridgehead atoms. The van der Waals surface area contributed by atoms with Gasteiger partial charge in [-0.1, -0.05) is 103 Å². The summed E-state index contributed by atoms with van der Waals surface area (Å²) in [6.45, 7) is 16.3. The van der Waals surface area contributed by atoms with E-state index in [9.17, 15) is 9.90 Å². The number of ketones is 1. The molecule has 0 amide bonds. The first-order valence-corrected chi connectivity index (χ1v) is 16.8. The number of benzene rings is 3. The Morgan fingerprint density at radius 3 is 2.19 bits per heavy atom. The van der Waals surface area contributed by atoms with E-state index in [-0.39, 0.29) is 48.4 Å². The van der Waals surface area contributed by atoms with Gasteiger partial charge in [-0.05, 0) is 48.6 Å². The predicted octanol–water partition coefficient (Wildman–Crippen LogP) is 11.3. The summed E-state index contributed by atoms with van der Waals surface area (Å²) in [5.74, 6) is 1.30. The van der Waals surface area contributed by atoms with Crippen molar-refractivity contribution in [2.24, 2.45) is 10.8 Å². The zero-order valence-corrected chi connectivity index (χ0v) is 31.7. The molecule has 0 fully saturated rings. The van der Waals surface area contributed by atoms with E-state index >= 15 is 0 Å². The quantitative estimate of drug-likeness (QED) is 0.0676. The van der Waals surface area contributed by atoms with Crippen LogP contribution < -0.4 is 0 Å². The Balaban J connectivity index is 0.000000251. The first-order chi connectivity index (χ1) is 22.5. The number of furan rings is 1. The Bertz CT molecular complexity index is 2090. The summed E-state index contributed by atoms with van der Waals surface area (Å²) in [5.41, 5.74) is 3.43. The average Bonchev–Trinajstić information content (AvgIpc) is 3.49. The molecule has 6 aromatic rings. The Kier molecular flexibility index (Phi) is 11.6. The number of aliphatic hydroxyl groups excluding tert-OH is 1. The first kappa shape index (κ1) is 36.9. The number of nitrogens with zero attached hydrogens (tertiary/aromatic N) is 3. The van der Waals surface area contributed by atoms with Crippen molar-refractivity contribution in [3.63, 3.8) is 0 Å². The summed E-state index contributed by atoms with van der Waals surface area (Å²) in [5, 5.41) is 15.4. The molecule has 0 spiro atoms. The molecule has 1 N–H and O–H groups in total. The standard InChI is InChI=1S/C26H18N3O.C15H28O2.Ir/c1-15(2)25-28-22-17-8-4-3-7-16(17)12-13-20(22)23(29-25)21-10-5-9-18-19-11-6-14-27-26(19)30-24(18)21;1-7-14(5,8-2)12(16)11-13(17)15(6,9-3)10-4;/h3-9,11-15H,1-2H3;11,16H,7-10H2,1-6H3;/q-1;;/b;12-11-;. The van der Waals surface area contributed by atoms with E-state index in [1.54, 1.807) is 6.20 Å². The molecule has 0 aliphatic carbocycles. The molecule has 3 aromatic carbocycles. The second kappa shape index (κ2) is 15.1. The second-order valence-corrected chi connectivity index (χ2v) is 13.3. The summed E-state index contributed by atoms with van der Waals surface area (Å²) in [7, 11) is 0. The minimum atomic E-state index is -0.337. The second-order valence-electron chi connectivity index (χ2n) is 13.3. The fourth-order valence-corrected chi connectivity index (χ4v) is 5.77. The molecule has 3 aromatic heterocycles. The van der Waals surface area contributed by atoms with Crippen molar-refractivity contribution in [1.29, 1.82) is 0 Å². The number of hydrogen-bond donors (Lipinski definition) is 1. The topological polar surface area (TPSA) is 89.1 Å². The van der Waals surface area contributed by atoms with E-state index in [4.69, 9.17) is 14.4 Å². The van der Waals surface area contributed by atoms with Crippen LogP contribution in [0.4, 0.5) is 0 Å². The normalized spacial score (nSPS) is 12.4. The predicted molar refractivity (Wildman–Crippen MR) is 194 cm³/mol. The maximum absolute atomic E-state index is 12.2. The third kappa shape index (κ3) is 6.95. The molecule has 0 aliphatic rings. The van der Waals surface area contributed by atoms with Gasteiger partial charge < -0.3 is 9.52 Å². The van der Waals surface area contributed by atoms with Crippen LogP contribution in [0.15, 0.2) is 83.1 Å². The number of allylic oxidation sites excluding steroid dienone is 2. The summed E-state index contributed by atoms with van der Waals surface area (Å²) >= 11 is 0. The Hall–Kier alpha value is -3.93. The third-order valence-electron chi connectivity index (χ3n) is 10.2. The van der Waals surface area contributed by atoms with Crippen molar-refractivity contribution in [3.05, 3.63) is 90.6 Å². The molecule has 3 heterocycles. The van der Waals surface area contributed by atoms with Crippen molar-refractivity contribution in [3.8, 4) is 11.3 Å². The largest absolute Gasteiger partial charge is 0.512 e. The van der Waals surface area contributed by atoms with Crippen LogP contribution in [0.1, 0.15) is 92.8 Å². The summed E-state index contributed by atoms with van der Waals surface area (Å²) in [6, 6.07) is 23.9. The number of aromatic nitrogens is 3. The van der Waals surface area contributed by atoms with Gasteiger partial charge in [-0.25, -0.2) is 9.97 Å². The molecule has 7 heteroatoms. The molecule has 0 aliphatic heterocycles. The molecular formula is C41H46IrN3O3-. The van der Waals surface area contributed by atoms with Crippen LogP contribution in [-0.4, -0.2) is 25.8 Å². The van der Waals surface area contributed by atoms with Gasteiger partial charge in [0.05, 0.1) is 11.1 Å². The third-order valence-corrected chi connectivity index (χ3v) is 10.2. The Morgan fingerprint density at radius 1 is 0.854 bits per heavy atom. The van der Waals surface area contributed by atoms with Crippen LogP contribution in [0.2, 0.25) is 0 Å². The molecular weight excluding hydrogens is 775 g/mol. The molecule has 0 atom stereocenters. The smallest absolute Gasteiger partial charge is 0.216 e. The van der Waals surface area contributed by atoms with Gasteiger partial charge in [-0.15, -0.1) is 18.2 Å². The van der Waals surface area contributed by atoms with Crippen molar-refractivity contribution < 1.29 is 34.4 Å². The molecule has 6 nitrogen and oxygen atoms in total. The number of carbonyl (C=O) groups excluding carboxylic acids is 1. The van der Waals surface area contributed by atoms with Gasteiger partial charge in [-0.2, -0.15) is 0 Å². The van der Waals surface area contributed by atoms with Crippen LogP contribution in [-0.2, 0) is 24.9 Å². The van der Waals surface area contributed by atoms with Crippen LogP contribution in [0.5, 0.6) is 0 Å². The van der Waals surface area contributed by atoms with Crippen LogP contribution in [0.3, 0.4) is 0 Å². The molecule has 0 saturated heterocycles. The number of hydrogen-bond acceptors (Lipinski definition) is 6. The van der Waals surface area contributed by atoms with Gasteiger partial charge >= 0.3 is 0 Å². The number of carbonyl (C=O) groups is 1. The Morgan fingerprint density at radius 2 is 1.52 bits per heavy atom. The maximum Gasteiger partial charge on any atom is 0.216 e. The summed E-state index contributed by atoms with van der Waals surface area (Å²) in [6.07, 6.45) is 6.50. The number of fused-ring (bicyclic) bond motifs is 6. The fourth-order valence-electron chi connectivity index (χ4n) is 5.77. The minimum absolute atomic E-state index is 0. The number of rotatable bonds is 9. The van der Waals surface area contributed by atoms with E-state index < -0.39 is 0 Å². The molecule has 48 heavy (non-hydrogen) atoms. The molecule has 6 rings (SSSR count). The monoisotopic (exact) mass is 821 g/mol. The minimum Gasteiger partial charge on any atom is -0.512 e. The van der Waals surface area contributed by atoms with Crippen molar-refractivity contribution >= 4 is 49.5 Å². The van der Waals surface area contributed by atoms with E-state index in [0.29, 0.717) is 5.71 Å². The van der Waals surface area contributed by atoms with Gasteiger partial charge in [0.1, 0.15) is 11.6 Å². The maximum atomic E-state index is 12.2. The molecule has 0 unspecified atom stereocenters. The molecule has 1 radical (unpaired) electrons. The van der Waals surface area contributed by atoms with Crippen LogP contribution in [0.25, 0.3) is 55.0 Å². The first-order valence-electron chi connectivity index (χ1n) is 16.8. The van der Waals surface area contributed by atoms with Gasteiger partial charge in [0.2, 0.25) is 5.71 Å². The fraction of sp³-hybridized carbons (Fsp3) is 0.366. The SMILES string of the molecule is CC(C)c1nc(-c2[c-]ccc3c2oc2ncccc23)c2ccc3ccccc3c2n1.CCC(C)(CC)C(=O)/C=C(\O)C(C)(CC)CC.[Ir]. The van der Waals surface area contributed by atoms with E-state index in [1.165, 1.54) is 11.5 Å². The van der Waals surface area contributed by atoms with Gasteiger partial charge in [0.25, 0.3) is 0 Å². The van der Waals surface area contributed by atoms with Gasteiger partial charge in [-0.3, -0.25) is 9.78 Å². The van der Waals surface area contributed by atoms with Crippen molar-refractivity contribution in [2.45, 2.75) is 87.0 Å². The molecule has 0 saturated carbocycles. The van der Waals surface area contributed by atoms with E-state index in [1.807, 2.05) is 65.8 Å². The molecule has 253 valence electrons. The number of aliphatic hydroxyl groups is 1. The van der Waals surface area contributed by atoms with E-state index in [0.717, 1.165) is 75.4 Å².